The zero-order chi connectivity index (χ0) is 16.2. The molecule has 1 rings (SSSR count). The Kier molecular flexibility index (Phi) is 5.75. The Morgan fingerprint density at radius 1 is 1.33 bits per heavy atom. The van der Waals surface area contributed by atoms with E-state index in [2.05, 4.69) is 15.7 Å². The van der Waals surface area contributed by atoms with Crippen LogP contribution >= 0.6 is 0 Å². The molecule has 0 saturated heterocycles. The van der Waals surface area contributed by atoms with Crippen molar-refractivity contribution in [3.8, 4) is 0 Å². The molecule has 2 N–H and O–H groups in total. The summed E-state index contributed by atoms with van der Waals surface area (Å²) < 4.78 is 1.82. The van der Waals surface area contributed by atoms with Crippen molar-refractivity contribution in [1.29, 1.82) is 0 Å². The molecule has 0 fully saturated rings. The molecular formula is C14H25N5O2. The van der Waals surface area contributed by atoms with Crippen LogP contribution in [0.3, 0.4) is 0 Å². The number of anilines is 1. The van der Waals surface area contributed by atoms with E-state index < -0.39 is 12.1 Å². The van der Waals surface area contributed by atoms with Crippen molar-refractivity contribution in [2.24, 2.45) is 0 Å². The van der Waals surface area contributed by atoms with E-state index >= 15 is 0 Å². The Morgan fingerprint density at radius 2 is 1.95 bits per heavy atom. The highest BCUT2D eigenvalue weighted by Gasteiger charge is 2.20. The third-order valence-corrected chi connectivity index (χ3v) is 3.49. The second kappa shape index (κ2) is 7.10. The minimum atomic E-state index is -0.572. The van der Waals surface area contributed by atoms with Gasteiger partial charge in [0.25, 0.3) is 0 Å². The predicted molar refractivity (Wildman–Crippen MR) is 82.3 cm³/mol. The molecule has 1 aromatic rings. The second-order valence-electron chi connectivity index (χ2n) is 5.03. The number of aryl methyl sites for hydroxylation is 2. The van der Waals surface area contributed by atoms with Crippen LogP contribution in [-0.2, 0) is 11.3 Å². The Labute approximate surface area is 125 Å². The van der Waals surface area contributed by atoms with Gasteiger partial charge in [-0.2, -0.15) is 5.10 Å². The third-order valence-electron chi connectivity index (χ3n) is 3.49. The molecule has 21 heavy (non-hydrogen) atoms. The topological polar surface area (TPSA) is 79.3 Å². The zero-order valence-electron chi connectivity index (χ0n) is 13.6. The number of nitrogens with zero attached hydrogens (tertiary/aromatic N) is 3. The fraction of sp³-hybridized carbons (Fsp3) is 0.643. The van der Waals surface area contributed by atoms with Gasteiger partial charge in [0.15, 0.2) is 0 Å². The molecule has 0 aromatic carbocycles. The van der Waals surface area contributed by atoms with Crippen molar-refractivity contribution in [3.63, 3.8) is 0 Å². The van der Waals surface area contributed by atoms with Gasteiger partial charge in [0.05, 0.1) is 17.1 Å². The van der Waals surface area contributed by atoms with Gasteiger partial charge in [-0.1, -0.05) is 0 Å². The maximum atomic E-state index is 12.0. The number of amides is 3. The highest BCUT2D eigenvalue weighted by atomic mass is 16.2. The first-order valence-electron chi connectivity index (χ1n) is 7.18. The summed E-state index contributed by atoms with van der Waals surface area (Å²) in [5, 5.41) is 9.76. The number of aromatic nitrogens is 2. The summed E-state index contributed by atoms with van der Waals surface area (Å²) in [6.45, 7) is 10.6. The van der Waals surface area contributed by atoms with Crippen LogP contribution in [0, 0.1) is 13.8 Å². The Balaban J connectivity index is 2.70. The van der Waals surface area contributed by atoms with Crippen molar-refractivity contribution in [2.45, 2.75) is 47.2 Å². The van der Waals surface area contributed by atoms with Crippen LogP contribution < -0.4 is 10.6 Å². The summed E-state index contributed by atoms with van der Waals surface area (Å²) in [7, 11) is 1.71. The second-order valence-corrected chi connectivity index (χ2v) is 5.03. The number of rotatable bonds is 5. The van der Waals surface area contributed by atoms with Gasteiger partial charge >= 0.3 is 6.03 Å². The molecule has 1 atom stereocenters. The summed E-state index contributed by atoms with van der Waals surface area (Å²) >= 11 is 0. The summed E-state index contributed by atoms with van der Waals surface area (Å²) in [5.74, 6) is -0.120. The van der Waals surface area contributed by atoms with Crippen molar-refractivity contribution in [2.75, 3.05) is 18.9 Å². The molecule has 1 aromatic heterocycles. The number of carbonyl (C=O) groups excluding carboxylic acids is 2. The van der Waals surface area contributed by atoms with E-state index in [-0.39, 0.29) is 5.91 Å². The largest absolute Gasteiger partial charge is 0.344 e. The van der Waals surface area contributed by atoms with Crippen LogP contribution in [0.25, 0.3) is 0 Å². The maximum absolute atomic E-state index is 12.0. The van der Waals surface area contributed by atoms with Crippen LogP contribution in [0.15, 0.2) is 0 Å². The lowest BCUT2D eigenvalue weighted by Gasteiger charge is -2.20. The lowest BCUT2D eigenvalue weighted by Crippen LogP contribution is -2.46. The maximum Gasteiger partial charge on any atom is 0.319 e. The summed E-state index contributed by atoms with van der Waals surface area (Å²) in [6.07, 6.45) is 0. The van der Waals surface area contributed by atoms with Gasteiger partial charge in [0.2, 0.25) is 5.91 Å². The van der Waals surface area contributed by atoms with Gasteiger partial charge in [-0.15, -0.1) is 0 Å². The van der Waals surface area contributed by atoms with Gasteiger partial charge in [0, 0.05) is 20.1 Å². The monoisotopic (exact) mass is 295 g/mol. The Morgan fingerprint density at radius 3 is 2.43 bits per heavy atom. The average Bonchev–Trinajstić information content (AvgIpc) is 2.72. The molecule has 1 heterocycles. The Hall–Kier alpha value is -2.05. The number of hydrogen-bond donors (Lipinski definition) is 2. The highest BCUT2D eigenvalue weighted by Crippen LogP contribution is 2.19. The van der Waals surface area contributed by atoms with E-state index in [1.807, 2.05) is 32.4 Å². The molecule has 0 bridgehead atoms. The molecule has 0 aliphatic rings. The highest BCUT2D eigenvalue weighted by molar-refractivity contribution is 5.94. The van der Waals surface area contributed by atoms with Gasteiger partial charge in [0.1, 0.15) is 6.04 Å². The first-order valence-corrected chi connectivity index (χ1v) is 7.18. The third kappa shape index (κ3) is 3.96. The van der Waals surface area contributed by atoms with Gasteiger partial charge < -0.3 is 15.5 Å². The van der Waals surface area contributed by atoms with E-state index in [9.17, 15) is 9.59 Å². The fourth-order valence-electron chi connectivity index (χ4n) is 2.08. The summed E-state index contributed by atoms with van der Waals surface area (Å²) in [6, 6.07) is -0.973. The molecule has 118 valence electrons. The molecule has 0 aliphatic carbocycles. The zero-order valence-corrected chi connectivity index (χ0v) is 13.6. The first-order chi connectivity index (χ1) is 9.81. The number of nitrogens with one attached hydrogen (secondary N) is 2. The lowest BCUT2D eigenvalue weighted by atomic mass is 10.3. The van der Waals surface area contributed by atoms with Crippen LogP contribution in [0.5, 0.6) is 0 Å². The minimum Gasteiger partial charge on any atom is -0.344 e. The average molecular weight is 295 g/mol. The van der Waals surface area contributed by atoms with E-state index in [0.29, 0.717) is 12.2 Å². The van der Waals surface area contributed by atoms with Gasteiger partial charge in [-0.3, -0.25) is 9.48 Å². The van der Waals surface area contributed by atoms with Crippen molar-refractivity contribution in [1.82, 2.24) is 20.0 Å². The summed E-state index contributed by atoms with van der Waals surface area (Å²) in [4.78, 5) is 25.5. The number of urea groups is 1. The SMILES string of the molecule is CCN(C)C(=O)[C@H](C)NC(=O)Nc1c(C)nn(CC)c1C. The molecule has 0 spiro atoms. The fourth-order valence-corrected chi connectivity index (χ4v) is 2.08. The van der Waals surface area contributed by atoms with Crippen molar-refractivity contribution < 1.29 is 9.59 Å². The van der Waals surface area contributed by atoms with Crippen LogP contribution in [0.1, 0.15) is 32.2 Å². The molecular weight excluding hydrogens is 270 g/mol. The van der Waals surface area contributed by atoms with Crippen LogP contribution in [0.4, 0.5) is 10.5 Å². The van der Waals surface area contributed by atoms with E-state index in [1.165, 1.54) is 0 Å². The molecule has 0 radical (unpaired) electrons. The predicted octanol–water partition coefficient (Wildman–Crippen LogP) is 1.51. The van der Waals surface area contributed by atoms with Crippen LogP contribution in [0.2, 0.25) is 0 Å². The van der Waals surface area contributed by atoms with Crippen LogP contribution in [-0.4, -0.2) is 46.3 Å². The lowest BCUT2D eigenvalue weighted by molar-refractivity contribution is -0.131. The first kappa shape index (κ1) is 17.0. The Bertz CT molecular complexity index is 524. The summed E-state index contributed by atoms with van der Waals surface area (Å²) in [5.41, 5.74) is 2.35. The minimum absolute atomic E-state index is 0.120. The van der Waals surface area contributed by atoms with E-state index in [0.717, 1.165) is 17.9 Å². The van der Waals surface area contributed by atoms with Crippen molar-refractivity contribution in [3.05, 3.63) is 11.4 Å². The van der Waals surface area contributed by atoms with Gasteiger partial charge in [-0.05, 0) is 34.6 Å². The standard InChI is InChI=1S/C14H25N5O2/c1-7-18(6)13(20)10(4)15-14(21)16-12-9(3)17-19(8-2)11(12)5/h10H,7-8H2,1-6H3,(H2,15,16,21)/t10-/m0/s1. The quantitative estimate of drug-likeness (QED) is 0.864. The normalized spacial score (nSPS) is 11.9. The smallest absolute Gasteiger partial charge is 0.319 e. The number of hydrogen-bond acceptors (Lipinski definition) is 3. The van der Waals surface area contributed by atoms with Gasteiger partial charge in [-0.25, -0.2) is 4.79 Å². The van der Waals surface area contributed by atoms with E-state index in [4.69, 9.17) is 0 Å². The molecule has 7 heteroatoms. The number of likely N-dealkylation sites (N-methyl/N-ethyl adjacent to an activating group) is 1. The molecule has 0 aliphatic heterocycles. The van der Waals surface area contributed by atoms with E-state index in [1.54, 1.807) is 18.9 Å². The molecule has 3 amide bonds. The molecule has 7 nitrogen and oxygen atoms in total. The molecule has 0 saturated carbocycles. The number of carbonyl (C=O) groups is 2. The molecule has 0 unspecified atom stereocenters. The van der Waals surface area contributed by atoms with Crippen molar-refractivity contribution >= 4 is 17.6 Å².